The molecule has 2 N–H and O–H groups in total. The summed E-state index contributed by atoms with van der Waals surface area (Å²) in [6.07, 6.45) is -1.11. The van der Waals surface area contributed by atoms with Crippen LogP contribution in [-0.2, 0) is 20.8 Å². The highest BCUT2D eigenvalue weighted by atomic mass is 16.7. The number of para-hydroxylation sites is 1. The van der Waals surface area contributed by atoms with Gasteiger partial charge < -0.3 is 29.2 Å². The van der Waals surface area contributed by atoms with E-state index in [4.69, 9.17) is 14.2 Å². The summed E-state index contributed by atoms with van der Waals surface area (Å²) in [5, 5.41) is 13.1. The molecule has 1 atom stereocenters. The van der Waals surface area contributed by atoms with Crippen molar-refractivity contribution in [2.75, 3.05) is 13.2 Å². The second-order valence-electron chi connectivity index (χ2n) is 7.83. The Morgan fingerprint density at radius 3 is 2.47 bits per heavy atom. The Hall–Kier alpha value is -3.36. The third-order valence-corrected chi connectivity index (χ3v) is 5.63. The molecule has 1 saturated heterocycles. The molecule has 0 spiro atoms. The van der Waals surface area contributed by atoms with Crippen LogP contribution >= 0.6 is 0 Å². The number of carboxylic acid groups (broad SMARTS) is 1. The molecule has 3 aromatic rings. The van der Waals surface area contributed by atoms with Crippen LogP contribution in [0.15, 0.2) is 54.6 Å². The van der Waals surface area contributed by atoms with Crippen molar-refractivity contribution >= 4 is 23.0 Å². The van der Waals surface area contributed by atoms with Crippen molar-refractivity contribution in [3.63, 3.8) is 0 Å². The van der Waals surface area contributed by atoms with Crippen LogP contribution < -0.4 is 5.32 Å². The van der Waals surface area contributed by atoms with Gasteiger partial charge in [0, 0.05) is 16.6 Å². The highest BCUT2D eigenvalue weighted by Gasteiger charge is 2.31. The lowest BCUT2D eigenvalue weighted by Gasteiger charge is -2.34. The molecular formula is C24H26N2O6. The predicted molar refractivity (Wildman–Crippen MR) is 118 cm³/mol. The predicted octanol–water partition coefficient (Wildman–Crippen LogP) is 3.88. The van der Waals surface area contributed by atoms with Crippen molar-refractivity contribution in [1.29, 1.82) is 0 Å². The van der Waals surface area contributed by atoms with Crippen LogP contribution in [0, 0.1) is 6.92 Å². The van der Waals surface area contributed by atoms with E-state index in [1.54, 1.807) is 13.0 Å². The Labute approximate surface area is 185 Å². The van der Waals surface area contributed by atoms with Crippen LogP contribution in [-0.4, -0.2) is 47.3 Å². The number of nitrogens with zero attached hydrogens (tertiary/aromatic N) is 1. The Morgan fingerprint density at radius 2 is 1.78 bits per heavy atom. The first-order valence-electron chi connectivity index (χ1n) is 10.5. The molecule has 1 aromatic heterocycles. The molecule has 4 rings (SSSR count). The fourth-order valence-corrected chi connectivity index (χ4v) is 4.12. The van der Waals surface area contributed by atoms with Crippen LogP contribution in [0.25, 0.3) is 10.9 Å². The van der Waals surface area contributed by atoms with E-state index < -0.39 is 18.4 Å². The number of fused-ring (bicyclic) bond motifs is 1. The van der Waals surface area contributed by atoms with Crippen molar-refractivity contribution in [1.82, 2.24) is 9.88 Å². The van der Waals surface area contributed by atoms with Gasteiger partial charge in [-0.2, -0.15) is 0 Å². The number of hydrogen-bond acceptors (Lipinski definition) is 5. The number of alkyl carbamates (subject to hydrolysis) is 1. The van der Waals surface area contributed by atoms with E-state index in [1.807, 2.05) is 60.0 Å². The molecule has 32 heavy (non-hydrogen) atoms. The monoisotopic (exact) mass is 438 g/mol. The zero-order valence-electron chi connectivity index (χ0n) is 18.0. The first-order valence-corrected chi connectivity index (χ1v) is 10.5. The second-order valence-corrected chi connectivity index (χ2v) is 7.83. The number of aromatic carboxylic acids is 1. The van der Waals surface area contributed by atoms with Gasteiger partial charge in [-0.15, -0.1) is 0 Å². The highest BCUT2D eigenvalue weighted by Crippen LogP contribution is 2.32. The van der Waals surface area contributed by atoms with Crippen LogP contribution in [0.1, 0.15) is 34.6 Å². The minimum Gasteiger partial charge on any atom is -0.478 e. The topological polar surface area (TPSA) is 99.0 Å². The Kier molecular flexibility index (Phi) is 6.43. The molecule has 8 nitrogen and oxygen atoms in total. The zero-order chi connectivity index (χ0) is 22.7. The van der Waals surface area contributed by atoms with E-state index in [0.29, 0.717) is 11.1 Å². The highest BCUT2D eigenvalue weighted by molar-refractivity contribution is 6.05. The minimum atomic E-state index is -0.964. The smallest absolute Gasteiger partial charge is 0.407 e. The number of benzene rings is 2. The van der Waals surface area contributed by atoms with E-state index in [1.165, 1.54) is 0 Å². The van der Waals surface area contributed by atoms with Crippen molar-refractivity contribution < 1.29 is 28.9 Å². The standard InChI is InChI=1S/C24H26N2O6/c1-15-21(22(27)28)19-10-6-7-11-20(19)26(15)16(2)23-30-13-18(14-31-23)25-24(29)32-12-17-8-4-3-5-9-17/h3-11,16,18,23H,12-14H2,1-2H3,(H,25,29)(H,27,28)/t16-,18?,23?/m1/s1. The molecule has 2 aromatic carbocycles. The summed E-state index contributed by atoms with van der Waals surface area (Å²) in [6.45, 7) is 4.43. The van der Waals surface area contributed by atoms with Gasteiger partial charge in [0.25, 0.3) is 0 Å². The average Bonchev–Trinajstić information content (AvgIpc) is 3.10. The van der Waals surface area contributed by atoms with Gasteiger partial charge >= 0.3 is 12.1 Å². The van der Waals surface area contributed by atoms with Crippen LogP contribution in [0.5, 0.6) is 0 Å². The number of carbonyl (C=O) groups excluding carboxylic acids is 1. The second kappa shape index (κ2) is 9.42. The van der Waals surface area contributed by atoms with E-state index in [9.17, 15) is 14.7 Å². The summed E-state index contributed by atoms with van der Waals surface area (Å²) in [4.78, 5) is 23.9. The lowest BCUT2D eigenvalue weighted by Crippen LogP contribution is -2.48. The van der Waals surface area contributed by atoms with Gasteiger partial charge in [-0.25, -0.2) is 9.59 Å². The van der Waals surface area contributed by atoms with Gasteiger partial charge in [-0.1, -0.05) is 48.5 Å². The van der Waals surface area contributed by atoms with Crippen LogP contribution in [0.3, 0.4) is 0 Å². The third kappa shape index (κ3) is 4.46. The number of ether oxygens (including phenoxy) is 3. The summed E-state index contributed by atoms with van der Waals surface area (Å²) in [6, 6.07) is 16.2. The van der Waals surface area contributed by atoms with Gasteiger partial charge in [0.1, 0.15) is 6.61 Å². The molecule has 2 heterocycles. The van der Waals surface area contributed by atoms with Gasteiger partial charge in [-0.05, 0) is 25.5 Å². The number of amides is 1. The molecule has 1 aliphatic heterocycles. The van der Waals surface area contributed by atoms with Crippen molar-refractivity contribution in [3.05, 3.63) is 71.4 Å². The van der Waals surface area contributed by atoms with E-state index in [0.717, 1.165) is 11.1 Å². The molecular weight excluding hydrogens is 412 g/mol. The Bertz CT molecular complexity index is 1100. The quantitative estimate of drug-likeness (QED) is 0.606. The number of carboxylic acids is 1. The summed E-state index contributed by atoms with van der Waals surface area (Å²) in [5.41, 5.74) is 2.64. The lowest BCUT2D eigenvalue weighted by molar-refractivity contribution is -0.206. The first-order chi connectivity index (χ1) is 15.5. The summed E-state index contributed by atoms with van der Waals surface area (Å²) < 4.78 is 18.9. The summed E-state index contributed by atoms with van der Waals surface area (Å²) in [7, 11) is 0. The lowest BCUT2D eigenvalue weighted by atomic mass is 10.1. The van der Waals surface area contributed by atoms with Gasteiger partial charge in [-0.3, -0.25) is 0 Å². The molecule has 1 aliphatic rings. The number of aromatic nitrogens is 1. The van der Waals surface area contributed by atoms with Crippen molar-refractivity contribution in [3.8, 4) is 0 Å². The van der Waals surface area contributed by atoms with Crippen LogP contribution in [0.4, 0.5) is 4.79 Å². The van der Waals surface area contributed by atoms with E-state index >= 15 is 0 Å². The summed E-state index contributed by atoms with van der Waals surface area (Å²) >= 11 is 0. The number of nitrogens with one attached hydrogen (secondary N) is 1. The molecule has 1 fully saturated rings. The summed E-state index contributed by atoms with van der Waals surface area (Å²) in [5.74, 6) is -0.964. The molecule has 1 amide bonds. The van der Waals surface area contributed by atoms with E-state index in [-0.39, 0.29) is 37.5 Å². The fraction of sp³-hybridized carbons (Fsp3) is 0.333. The van der Waals surface area contributed by atoms with E-state index in [2.05, 4.69) is 5.32 Å². The number of rotatable bonds is 6. The molecule has 0 aliphatic carbocycles. The fourth-order valence-electron chi connectivity index (χ4n) is 4.12. The van der Waals surface area contributed by atoms with Gasteiger partial charge in [0.2, 0.25) is 0 Å². The zero-order valence-corrected chi connectivity index (χ0v) is 18.0. The largest absolute Gasteiger partial charge is 0.478 e. The first kappa shape index (κ1) is 21.9. The Balaban J connectivity index is 1.37. The average molecular weight is 438 g/mol. The SMILES string of the molecule is Cc1c(C(=O)O)c2ccccc2n1[C@H](C)C1OCC(NC(=O)OCc2ccccc2)CO1. The molecule has 168 valence electrons. The maximum Gasteiger partial charge on any atom is 0.407 e. The Morgan fingerprint density at radius 1 is 1.12 bits per heavy atom. The normalized spacial score (nSPS) is 19.4. The minimum absolute atomic E-state index is 0.187. The van der Waals surface area contributed by atoms with Gasteiger partial charge in [0.05, 0.1) is 30.9 Å². The third-order valence-electron chi connectivity index (χ3n) is 5.63. The van der Waals surface area contributed by atoms with Gasteiger partial charge in [0.15, 0.2) is 6.29 Å². The molecule has 0 radical (unpaired) electrons. The number of carbonyl (C=O) groups is 2. The molecule has 8 heteroatoms. The maximum absolute atomic E-state index is 12.1. The van der Waals surface area contributed by atoms with Crippen molar-refractivity contribution in [2.45, 2.75) is 38.8 Å². The molecule has 0 unspecified atom stereocenters. The molecule has 0 saturated carbocycles. The maximum atomic E-state index is 12.1. The van der Waals surface area contributed by atoms with Crippen LogP contribution in [0.2, 0.25) is 0 Å². The van der Waals surface area contributed by atoms with Crippen molar-refractivity contribution in [2.24, 2.45) is 0 Å². The number of hydrogen-bond donors (Lipinski definition) is 2. The molecule has 0 bridgehead atoms.